The summed E-state index contributed by atoms with van der Waals surface area (Å²) in [5.74, 6) is 0. The number of hydrogen-bond donors (Lipinski definition) is 2. The molecule has 2 rings (SSSR count). The molecule has 1 fully saturated rings. The molecule has 0 amide bonds. The zero-order valence-corrected chi connectivity index (χ0v) is 8.16. The third-order valence-corrected chi connectivity index (χ3v) is 3.75. The number of rotatable bonds is 0. The van der Waals surface area contributed by atoms with Gasteiger partial charge in [0.1, 0.15) is 0 Å². The van der Waals surface area contributed by atoms with Gasteiger partial charge in [-0.3, -0.25) is 0 Å². The molecule has 0 aromatic rings. The maximum Gasteiger partial charge on any atom is 0.0724 e. The van der Waals surface area contributed by atoms with Crippen LogP contribution in [-0.4, -0.2) is 22.4 Å². The van der Waals surface area contributed by atoms with Gasteiger partial charge in [0.2, 0.25) is 0 Å². The summed E-state index contributed by atoms with van der Waals surface area (Å²) >= 11 is 0. The fourth-order valence-corrected chi connectivity index (χ4v) is 2.67. The summed E-state index contributed by atoms with van der Waals surface area (Å²) in [6.45, 7) is 2.13. The van der Waals surface area contributed by atoms with E-state index in [1.165, 1.54) is 5.57 Å². The van der Waals surface area contributed by atoms with E-state index < -0.39 is 0 Å². The molecule has 0 aliphatic heterocycles. The molecule has 74 valence electrons. The number of aliphatic hydroxyl groups is 2. The second-order valence-electron chi connectivity index (χ2n) is 4.62. The van der Waals surface area contributed by atoms with Gasteiger partial charge in [0, 0.05) is 5.41 Å². The summed E-state index contributed by atoms with van der Waals surface area (Å²) < 4.78 is 0. The van der Waals surface area contributed by atoms with Crippen LogP contribution in [0.25, 0.3) is 0 Å². The topological polar surface area (TPSA) is 40.5 Å². The van der Waals surface area contributed by atoms with E-state index in [-0.39, 0.29) is 17.6 Å². The Hall–Kier alpha value is -0.340. The molecule has 13 heavy (non-hydrogen) atoms. The number of fused-ring (bicyclic) bond motifs is 1. The van der Waals surface area contributed by atoms with Crippen molar-refractivity contribution in [3.8, 4) is 0 Å². The molecule has 0 spiro atoms. The average molecular weight is 182 g/mol. The van der Waals surface area contributed by atoms with E-state index in [2.05, 4.69) is 6.92 Å². The van der Waals surface area contributed by atoms with Crippen LogP contribution in [0.1, 0.15) is 39.0 Å². The fraction of sp³-hybridized carbons (Fsp3) is 0.818. The standard InChI is InChI=1S/C11H18O2/c1-11-6-5-9(12)7-8(11)3-2-4-10(11)13/h7,9-10,12-13H,2-6H2,1H3/t9-,10-,11+/m1/s1. The molecule has 0 aromatic carbocycles. The molecule has 2 heteroatoms. The Balaban J connectivity index is 2.29. The zero-order chi connectivity index (χ0) is 9.47. The quantitative estimate of drug-likeness (QED) is 0.559. The molecule has 0 aromatic heterocycles. The van der Waals surface area contributed by atoms with Gasteiger partial charge in [-0.05, 0) is 32.1 Å². The van der Waals surface area contributed by atoms with Gasteiger partial charge in [-0.1, -0.05) is 18.6 Å². The molecular weight excluding hydrogens is 164 g/mol. The Morgan fingerprint density at radius 1 is 1.38 bits per heavy atom. The van der Waals surface area contributed by atoms with E-state index in [1.54, 1.807) is 0 Å². The molecule has 0 radical (unpaired) electrons. The third kappa shape index (κ3) is 1.42. The van der Waals surface area contributed by atoms with Crippen LogP contribution in [0, 0.1) is 5.41 Å². The number of hydrogen-bond acceptors (Lipinski definition) is 2. The van der Waals surface area contributed by atoms with E-state index >= 15 is 0 Å². The molecule has 0 bridgehead atoms. The van der Waals surface area contributed by atoms with Crippen molar-refractivity contribution in [2.45, 2.75) is 51.2 Å². The first-order valence-electron chi connectivity index (χ1n) is 5.20. The van der Waals surface area contributed by atoms with Gasteiger partial charge >= 0.3 is 0 Å². The van der Waals surface area contributed by atoms with E-state index in [4.69, 9.17) is 0 Å². The van der Waals surface area contributed by atoms with Gasteiger partial charge in [-0.25, -0.2) is 0 Å². The van der Waals surface area contributed by atoms with Crippen molar-refractivity contribution in [3.05, 3.63) is 11.6 Å². The van der Waals surface area contributed by atoms with Crippen LogP contribution in [-0.2, 0) is 0 Å². The summed E-state index contributed by atoms with van der Waals surface area (Å²) in [6.07, 6.45) is 6.28. The molecular formula is C11H18O2. The second kappa shape index (κ2) is 3.10. The average Bonchev–Trinajstić information content (AvgIpc) is 2.09. The smallest absolute Gasteiger partial charge is 0.0724 e. The van der Waals surface area contributed by atoms with Crippen LogP contribution in [0.15, 0.2) is 11.6 Å². The highest BCUT2D eigenvalue weighted by atomic mass is 16.3. The van der Waals surface area contributed by atoms with Crippen molar-refractivity contribution < 1.29 is 10.2 Å². The minimum atomic E-state index is -0.270. The molecule has 0 heterocycles. The summed E-state index contributed by atoms with van der Waals surface area (Å²) in [6, 6.07) is 0. The lowest BCUT2D eigenvalue weighted by Crippen LogP contribution is -2.40. The van der Waals surface area contributed by atoms with Crippen LogP contribution in [0.5, 0.6) is 0 Å². The van der Waals surface area contributed by atoms with Gasteiger partial charge in [0.25, 0.3) is 0 Å². The highest BCUT2D eigenvalue weighted by molar-refractivity contribution is 5.22. The van der Waals surface area contributed by atoms with Gasteiger partial charge in [0.15, 0.2) is 0 Å². The molecule has 0 saturated heterocycles. The lowest BCUT2D eigenvalue weighted by atomic mass is 9.64. The van der Waals surface area contributed by atoms with E-state index in [0.29, 0.717) is 0 Å². The molecule has 2 aliphatic rings. The van der Waals surface area contributed by atoms with Gasteiger partial charge in [-0.2, -0.15) is 0 Å². The van der Waals surface area contributed by atoms with E-state index in [1.807, 2.05) is 6.08 Å². The molecule has 2 N–H and O–H groups in total. The third-order valence-electron chi connectivity index (χ3n) is 3.75. The SMILES string of the molecule is C[C@]12CC[C@@H](O)C=C1CCC[C@H]2O. The minimum Gasteiger partial charge on any atom is -0.392 e. The van der Waals surface area contributed by atoms with Crippen LogP contribution in [0.3, 0.4) is 0 Å². The van der Waals surface area contributed by atoms with Crippen molar-refractivity contribution in [2.24, 2.45) is 5.41 Å². The van der Waals surface area contributed by atoms with Gasteiger partial charge in [-0.15, -0.1) is 0 Å². The van der Waals surface area contributed by atoms with E-state index in [9.17, 15) is 10.2 Å². The van der Waals surface area contributed by atoms with Crippen LogP contribution in [0.2, 0.25) is 0 Å². The highest BCUT2D eigenvalue weighted by Crippen LogP contribution is 2.47. The maximum atomic E-state index is 9.93. The van der Waals surface area contributed by atoms with Crippen molar-refractivity contribution in [1.82, 2.24) is 0 Å². The van der Waals surface area contributed by atoms with E-state index in [0.717, 1.165) is 32.1 Å². The highest BCUT2D eigenvalue weighted by Gasteiger charge is 2.41. The lowest BCUT2D eigenvalue weighted by molar-refractivity contribution is 0.0145. The first kappa shape index (κ1) is 9.22. The number of aliphatic hydroxyl groups excluding tert-OH is 2. The van der Waals surface area contributed by atoms with Crippen molar-refractivity contribution >= 4 is 0 Å². The summed E-state index contributed by atoms with van der Waals surface area (Å²) in [4.78, 5) is 0. The van der Waals surface area contributed by atoms with Crippen LogP contribution < -0.4 is 0 Å². The maximum absolute atomic E-state index is 9.93. The summed E-state index contributed by atoms with van der Waals surface area (Å²) in [5.41, 5.74) is 1.25. The molecule has 2 nitrogen and oxygen atoms in total. The molecule has 3 atom stereocenters. The van der Waals surface area contributed by atoms with Gasteiger partial charge in [0.05, 0.1) is 12.2 Å². The molecule has 1 saturated carbocycles. The largest absolute Gasteiger partial charge is 0.392 e. The predicted molar refractivity (Wildman–Crippen MR) is 51.3 cm³/mol. The predicted octanol–water partition coefficient (Wildman–Crippen LogP) is 1.62. The van der Waals surface area contributed by atoms with Crippen molar-refractivity contribution in [3.63, 3.8) is 0 Å². The van der Waals surface area contributed by atoms with Crippen LogP contribution >= 0.6 is 0 Å². The molecule has 2 aliphatic carbocycles. The lowest BCUT2D eigenvalue weighted by Gasteiger charge is -2.44. The Morgan fingerprint density at radius 2 is 2.15 bits per heavy atom. The first-order chi connectivity index (χ1) is 6.13. The minimum absolute atomic E-state index is 0.0303. The zero-order valence-electron chi connectivity index (χ0n) is 8.16. The van der Waals surface area contributed by atoms with Gasteiger partial charge < -0.3 is 10.2 Å². The Bertz CT molecular complexity index is 234. The fourth-order valence-electron chi connectivity index (χ4n) is 2.67. The van der Waals surface area contributed by atoms with Crippen molar-refractivity contribution in [1.29, 1.82) is 0 Å². The van der Waals surface area contributed by atoms with Crippen LogP contribution in [0.4, 0.5) is 0 Å². The molecule has 0 unspecified atom stereocenters. The Morgan fingerprint density at radius 3 is 2.92 bits per heavy atom. The Labute approximate surface area is 79.3 Å². The monoisotopic (exact) mass is 182 g/mol. The van der Waals surface area contributed by atoms with Crippen molar-refractivity contribution in [2.75, 3.05) is 0 Å². The first-order valence-corrected chi connectivity index (χ1v) is 5.20. The normalized spacial score (nSPS) is 45.3. The second-order valence-corrected chi connectivity index (χ2v) is 4.62. The Kier molecular flexibility index (Phi) is 2.20. The summed E-state index contributed by atoms with van der Waals surface area (Å²) in [7, 11) is 0. The summed E-state index contributed by atoms with van der Waals surface area (Å²) in [5, 5.41) is 19.4.